The number of methoxy groups -OCH3 is 2. The van der Waals surface area contributed by atoms with Gasteiger partial charge in [0.1, 0.15) is 11.5 Å². The number of phenols is 2. The number of hydrogen-bond acceptors (Lipinski definition) is 5. The van der Waals surface area contributed by atoms with Crippen LogP contribution in [0, 0.1) is 0 Å². The summed E-state index contributed by atoms with van der Waals surface area (Å²) in [6.07, 6.45) is 1.64. The van der Waals surface area contributed by atoms with Crippen LogP contribution in [-0.4, -0.2) is 37.5 Å². The Bertz CT molecular complexity index is 950. The molecule has 166 valence electrons. The lowest BCUT2D eigenvalue weighted by atomic mass is 9.88. The summed E-state index contributed by atoms with van der Waals surface area (Å²) in [6.45, 7) is 1.58. The quantitative estimate of drug-likeness (QED) is 0.389. The van der Waals surface area contributed by atoms with Crippen molar-refractivity contribution in [1.82, 2.24) is 5.32 Å². The number of ether oxygens (including phenoxy) is 2. The van der Waals surface area contributed by atoms with Gasteiger partial charge in [-0.1, -0.05) is 48.5 Å². The largest absolute Gasteiger partial charge is 0.508 e. The van der Waals surface area contributed by atoms with Crippen molar-refractivity contribution < 1.29 is 19.7 Å². The van der Waals surface area contributed by atoms with Gasteiger partial charge in [-0.2, -0.15) is 0 Å². The Morgan fingerprint density at radius 1 is 0.871 bits per heavy atom. The third-order valence-electron chi connectivity index (χ3n) is 5.26. The number of phenolic OH excluding ortho intramolecular Hbond substituents is 2. The van der Waals surface area contributed by atoms with Crippen molar-refractivity contribution in [3.05, 3.63) is 83.4 Å². The van der Waals surface area contributed by atoms with Gasteiger partial charge < -0.3 is 25.0 Å². The van der Waals surface area contributed by atoms with Crippen LogP contribution in [0.3, 0.4) is 0 Å². The van der Waals surface area contributed by atoms with Crippen LogP contribution in [0.5, 0.6) is 23.0 Å². The van der Waals surface area contributed by atoms with Crippen molar-refractivity contribution in [3.8, 4) is 23.0 Å². The van der Waals surface area contributed by atoms with Gasteiger partial charge in [-0.3, -0.25) is 0 Å². The van der Waals surface area contributed by atoms with Crippen LogP contribution < -0.4 is 14.8 Å². The maximum absolute atomic E-state index is 10.4. The van der Waals surface area contributed by atoms with Gasteiger partial charge in [-0.15, -0.1) is 12.4 Å². The first kappa shape index (κ1) is 24.4. The lowest BCUT2D eigenvalue weighted by Crippen LogP contribution is -2.21. The van der Waals surface area contributed by atoms with E-state index in [-0.39, 0.29) is 29.8 Å². The van der Waals surface area contributed by atoms with E-state index < -0.39 is 0 Å². The lowest BCUT2D eigenvalue weighted by molar-refractivity contribution is 0.351. The molecule has 3 N–H and O–H groups in total. The van der Waals surface area contributed by atoms with Crippen LogP contribution in [0.25, 0.3) is 0 Å². The van der Waals surface area contributed by atoms with E-state index in [2.05, 4.69) is 17.4 Å². The zero-order chi connectivity index (χ0) is 21.3. The maximum Gasteiger partial charge on any atom is 0.163 e. The molecule has 0 aliphatic rings. The number of para-hydroxylation sites is 1. The van der Waals surface area contributed by atoms with E-state index >= 15 is 0 Å². The highest BCUT2D eigenvalue weighted by Gasteiger charge is 2.18. The van der Waals surface area contributed by atoms with Crippen molar-refractivity contribution in [2.75, 3.05) is 27.3 Å². The van der Waals surface area contributed by atoms with E-state index in [4.69, 9.17) is 9.47 Å². The normalized spacial score (nSPS) is 11.4. The molecule has 0 spiro atoms. The minimum Gasteiger partial charge on any atom is -0.508 e. The van der Waals surface area contributed by atoms with E-state index in [9.17, 15) is 10.2 Å². The van der Waals surface area contributed by atoms with Gasteiger partial charge in [0.05, 0.1) is 14.2 Å². The Balaban J connectivity index is 0.00000341. The molecule has 0 saturated heterocycles. The number of hydrogen-bond donors (Lipinski definition) is 3. The topological polar surface area (TPSA) is 71.0 Å². The first-order chi connectivity index (χ1) is 14.6. The maximum atomic E-state index is 10.4. The second kappa shape index (κ2) is 12.1. The van der Waals surface area contributed by atoms with Crippen LogP contribution in [0.4, 0.5) is 0 Å². The Morgan fingerprint density at radius 2 is 1.65 bits per heavy atom. The first-order valence-electron chi connectivity index (χ1n) is 10.1. The predicted octanol–water partition coefficient (Wildman–Crippen LogP) is 4.89. The molecule has 0 aromatic heterocycles. The van der Waals surface area contributed by atoms with Gasteiger partial charge in [0, 0.05) is 17.5 Å². The summed E-state index contributed by atoms with van der Waals surface area (Å²) in [5.41, 5.74) is 3.05. The molecule has 1 unspecified atom stereocenters. The number of aromatic hydroxyl groups is 2. The molecule has 5 nitrogen and oxygen atoms in total. The van der Waals surface area contributed by atoms with Gasteiger partial charge in [-0.05, 0) is 49.2 Å². The summed E-state index contributed by atoms with van der Waals surface area (Å²) in [6, 6.07) is 20.8. The zero-order valence-electron chi connectivity index (χ0n) is 17.9. The Hall–Kier alpha value is -2.89. The molecular weight excluding hydrogens is 414 g/mol. The smallest absolute Gasteiger partial charge is 0.163 e. The first-order valence-corrected chi connectivity index (χ1v) is 10.1. The van der Waals surface area contributed by atoms with Crippen LogP contribution in [0.2, 0.25) is 0 Å². The van der Waals surface area contributed by atoms with Crippen molar-refractivity contribution in [3.63, 3.8) is 0 Å². The van der Waals surface area contributed by atoms with E-state index in [0.29, 0.717) is 0 Å². The molecule has 3 rings (SSSR count). The Kier molecular flexibility index (Phi) is 9.50. The minimum atomic E-state index is 0. The fourth-order valence-corrected chi connectivity index (χ4v) is 3.76. The third kappa shape index (κ3) is 6.29. The van der Waals surface area contributed by atoms with E-state index in [1.807, 2.05) is 36.4 Å². The standard InChI is InChI=1S/C25H29NO4.ClH/c1-29-24-10-6-9-19(25(24)30-2)13-15-26-16-14-21(18-7-4-3-5-8-18)22-12-11-20(27)17-23(22)28;/h3-12,17,21,26-28H,13-16H2,1-2H3;1H. The molecule has 0 heterocycles. The Morgan fingerprint density at radius 3 is 2.32 bits per heavy atom. The molecule has 0 aliphatic heterocycles. The van der Waals surface area contributed by atoms with Crippen LogP contribution >= 0.6 is 12.4 Å². The van der Waals surface area contributed by atoms with Gasteiger partial charge in [0.25, 0.3) is 0 Å². The van der Waals surface area contributed by atoms with Gasteiger partial charge >= 0.3 is 0 Å². The van der Waals surface area contributed by atoms with Crippen molar-refractivity contribution in [2.45, 2.75) is 18.8 Å². The average molecular weight is 444 g/mol. The molecular formula is C25H30ClNO4. The minimum absolute atomic E-state index is 0. The molecule has 0 amide bonds. The molecule has 3 aromatic rings. The number of rotatable bonds is 10. The molecule has 0 saturated carbocycles. The van der Waals surface area contributed by atoms with Crippen LogP contribution in [-0.2, 0) is 6.42 Å². The molecule has 6 heteroatoms. The van der Waals surface area contributed by atoms with Crippen LogP contribution in [0.1, 0.15) is 29.0 Å². The lowest BCUT2D eigenvalue weighted by Gasteiger charge is -2.20. The van der Waals surface area contributed by atoms with Crippen molar-refractivity contribution in [1.29, 1.82) is 0 Å². The van der Waals surface area contributed by atoms with Crippen LogP contribution in [0.15, 0.2) is 66.7 Å². The highest BCUT2D eigenvalue weighted by Crippen LogP contribution is 2.35. The van der Waals surface area contributed by atoms with Gasteiger partial charge in [-0.25, -0.2) is 0 Å². The van der Waals surface area contributed by atoms with Gasteiger partial charge in [0.2, 0.25) is 0 Å². The van der Waals surface area contributed by atoms with E-state index in [0.717, 1.165) is 54.1 Å². The molecule has 0 aliphatic carbocycles. The number of halogens is 1. The number of benzene rings is 3. The molecule has 1 atom stereocenters. The highest BCUT2D eigenvalue weighted by atomic mass is 35.5. The molecule has 3 aromatic carbocycles. The highest BCUT2D eigenvalue weighted by molar-refractivity contribution is 5.85. The van der Waals surface area contributed by atoms with Crippen molar-refractivity contribution >= 4 is 12.4 Å². The second-order valence-corrected chi connectivity index (χ2v) is 7.15. The van der Waals surface area contributed by atoms with Gasteiger partial charge in [0.15, 0.2) is 11.5 Å². The fraction of sp³-hybridized carbons (Fsp3) is 0.280. The second-order valence-electron chi connectivity index (χ2n) is 7.15. The summed E-state index contributed by atoms with van der Waals surface area (Å²) in [5, 5.41) is 23.5. The summed E-state index contributed by atoms with van der Waals surface area (Å²) in [4.78, 5) is 0. The third-order valence-corrected chi connectivity index (χ3v) is 5.26. The monoisotopic (exact) mass is 443 g/mol. The molecule has 0 bridgehead atoms. The summed E-state index contributed by atoms with van der Waals surface area (Å²) in [5.74, 6) is 1.73. The SMILES string of the molecule is COc1cccc(CCNCCC(c2ccccc2)c2ccc(O)cc2O)c1OC.Cl. The fourth-order valence-electron chi connectivity index (χ4n) is 3.76. The zero-order valence-corrected chi connectivity index (χ0v) is 18.7. The van der Waals surface area contributed by atoms with Crippen molar-refractivity contribution in [2.24, 2.45) is 0 Å². The molecule has 0 radical (unpaired) electrons. The molecule has 31 heavy (non-hydrogen) atoms. The van der Waals surface area contributed by atoms with E-state index in [1.54, 1.807) is 26.4 Å². The Labute approximate surface area is 190 Å². The predicted molar refractivity (Wildman–Crippen MR) is 126 cm³/mol. The summed E-state index contributed by atoms with van der Waals surface area (Å²) in [7, 11) is 3.30. The van der Waals surface area contributed by atoms with E-state index in [1.165, 1.54) is 6.07 Å². The summed E-state index contributed by atoms with van der Waals surface area (Å²) < 4.78 is 10.9. The average Bonchev–Trinajstić information content (AvgIpc) is 2.77. The molecule has 0 fully saturated rings. The summed E-state index contributed by atoms with van der Waals surface area (Å²) >= 11 is 0. The number of nitrogens with one attached hydrogen (secondary N) is 1.